The molecule has 0 fully saturated rings. The molecule has 4 heteroatoms. The maximum Gasteiger partial charge on any atom is 0.251 e. The van der Waals surface area contributed by atoms with E-state index in [4.69, 9.17) is 0 Å². The lowest BCUT2D eigenvalue weighted by atomic mass is 10.1. The van der Waals surface area contributed by atoms with Crippen LogP contribution in [0.5, 0.6) is 0 Å². The first-order valence-electron chi connectivity index (χ1n) is 4.64. The van der Waals surface area contributed by atoms with E-state index in [1.54, 1.807) is 32.3 Å². The van der Waals surface area contributed by atoms with Crippen LogP contribution in [0.3, 0.4) is 0 Å². The van der Waals surface area contributed by atoms with E-state index in [1.165, 1.54) is 0 Å². The maximum absolute atomic E-state index is 11.4. The Balaban J connectivity index is 3.16. The van der Waals surface area contributed by atoms with Gasteiger partial charge in [-0.1, -0.05) is 0 Å². The average molecular weight is 206 g/mol. The number of nitrogens with one attached hydrogen (secondary N) is 2. The van der Waals surface area contributed by atoms with Crippen molar-refractivity contribution in [2.75, 3.05) is 14.1 Å². The molecule has 0 aliphatic heterocycles. The minimum atomic E-state index is -0.191. The van der Waals surface area contributed by atoms with Crippen molar-refractivity contribution in [3.8, 4) is 0 Å². The molecule has 1 aromatic rings. The highest BCUT2D eigenvalue weighted by atomic mass is 16.2. The summed E-state index contributed by atoms with van der Waals surface area (Å²) in [7, 11) is 3.12. The number of carbonyl (C=O) groups is 2. The number of hydrogen-bond acceptors (Lipinski definition) is 2. The molecule has 1 rings (SSSR count). The number of carbonyl (C=O) groups excluding carboxylic acids is 2. The van der Waals surface area contributed by atoms with Gasteiger partial charge in [0.2, 0.25) is 0 Å². The van der Waals surface area contributed by atoms with Gasteiger partial charge in [0.1, 0.15) is 0 Å². The van der Waals surface area contributed by atoms with Crippen LogP contribution in [-0.4, -0.2) is 25.9 Å². The highest BCUT2D eigenvalue weighted by Gasteiger charge is 2.09. The van der Waals surface area contributed by atoms with Crippen LogP contribution in [0.1, 0.15) is 26.3 Å². The van der Waals surface area contributed by atoms with Crippen LogP contribution in [0, 0.1) is 6.92 Å². The summed E-state index contributed by atoms with van der Waals surface area (Å²) in [5, 5.41) is 5.04. The molecule has 1 aromatic carbocycles. The molecule has 0 aromatic heterocycles. The van der Waals surface area contributed by atoms with E-state index in [2.05, 4.69) is 10.6 Å². The molecular formula is C11H14N2O2. The van der Waals surface area contributed by atoms with Gasteiger partial charge < -0.3 is 10.6 Å². The minimum absolute atomic E-state index is 0.191. The topological polar surface area (TPSA) is 58.2 Å². The number of benzene rings is 1. The zero-order chi connectivity index (χ0) is 11.4. The zero-order valence-corrected chi connectivity index (χ0v) is 9.05. The standard InChI is InChI=1S/C11H14N2O2/c1-7-4-8(10(14)12-2)6-9(5-7)11(15)13-3/h4-6H,1-3H3,(H,12,14)(H,13,15). The quantitative estimate of drug-likeness (QED) is 0.749. The number of amides is 2. The average Bonchev–Trinajstić information content (AvgIpc) is 2.26. The van der Waals surface area contributed by atoms with E-state index in [0.29, 0.717) is 11.1 Å². The summed E-state index contributed by atoms with van der Waals surface area (Å²) in [5.74, 6) is -0.382. The molecule has 0 saturated carbocycles. The van der Waals surface area contributed by atoms with Crippen LogP contribution in [0.2, 0.25) is 0 Å². The fourth-order valence-corrected chi connectivity index (χ4v) is 1.33. The molecule has 0 bridgehead atoms. The Morgan fingerprint density at radius 1 is 0.933 bits per heavy atom. The third kappa shape index (κ3) is 2.56. The Morgan fingerprint density at radius 2 is 1.33 bits per heavy atom. The normalized spacial score (nSPS) is 9.53. The van der Waals surface area contributed by atoms with Crippen molar-refractivity contribution in [2.45, 2.75) is 6.92 Å². The van der Waals surface area contributed by atoms with Crippen molar-refractivity contribution in [3.63, 3.8) is 0 Å². The van der Waals surface area contributed by atoms with Gasteiger partial charge in [-0.25, -0.2) is 0 Å². The summed E-state index contributed by atoms with van der Waals surface area (Å²) in [6.45, 7) is 1.85. The molecule has 0 unspecified atom stereocenters. The minimum Gasteiger partial charge on any atom is -0.355 e. The van der Waals surface area contributed by atoms with Crippen LogP contribution >= 0.6 is 0 Å². The molecular weight excluding hydrogens is 192 g/mol. The van der Waals surface area contributed by atoms with E-state index in [9.17, 15) is 9.59 Å². The lowest BCUT2D eigenvalue weighted by Crippen LogP contribution is -2.21. The summed E-state index contributed by atoms with van der Waals surface area (Å²) in [6.07, 6.45) is 0. The van der Waals surface area contributed by atoms with Crippen LogP contribution in [0.15, 0.2) is 18.2 Å². The van der Waals surface area contributed by atoms with Gasteiger partial charge in [-0.2, -0.15) is 0 Å². The maximum atomic E-state index is 11.4. The van der Waals surface area contributed by atoms with E-state index in [1.807, 2.05) is 6.92 Å². The number of aryl methyl sites for hydroxylation is 1. The Labute approximate surface area is 88.7 Å². The van der Waals surface area contributed by atoms with Crippen molar-refractivity contribution >= 4 is 11.8 Å². The Hall–Kier alpha value is -1.84. The molecule has 0 saturated heterocycles. The van der Waals surface area contributed by atoms with Gasteiger partial charge >= 0.3 is 0 Å². The first kappa shape index (κ1) is 11.2. The summed E-state index contributed by atoms with van der Waals surface area (Å²) in [5.41, 5.74) is 1.88. The molecule has 0 aliphatic rings. The first-order valence-corrected chi connectivity index (χ1v) is 4.64. The Morgan fingerprint density at radius 3 is 1.67 bits per heavy atom. The summed E-state index contributed by atoms with van der Waals surface area (Å²) < 4.78 is 0. The predicted octanol–water partition coefficient (Wildman–Crippen LogP) is 0.714. The summed E-state index contributed by atoms with van der Waals surface area (Å²) in [4.78, 5) is 22.8. The van der Waals surface area contributed by atoms with Gasteiger partial charge in [-0.05, 0) is 30.7 Å². The zero-order valence-electron chi connectivity index (χ0n) is 9.05. The third-order valence-electron chi connectivity index (χ3n) is 2.06. The van der Waals surface area contributed by atoms with Crippen LogP contribution in [0.25, 0.3) is 0 Å². The number of hydrogen-bond donors (Lipinski definition) is 2. The molecule has 80 valence electrons. The van der Waals surface area contributed by atoms with Crippen LogP contribution < -0.4 is 10.6 Å². The molecule has 2 N–H and O–H groups in total. The summed E-state index contributed by atoms with van der Waals surface area (Å²) in [6, 6.07) is 5.06. The smallest absolute Gasteiger partial charge is 0.251 e. The molecule has 4 nitrogen and oxygen atoms in total. The van der Waals surface area contributed by atoms with Crippen molar-refractivity contribution in [1.82, 2.24) is 10.6 Å². The SMILES string of the molecule is CNC(=O)c1cc(C)cc(C(=O)NC)c1. The highest BCUT2D eigenvalue weighted by Crippen LogP contribution is 2.09. The highest BCUT2D eigenvalue weighted by molar-refractivity contribution is 5.99. The second kappa shape index (κ2) is 4.59. The second-order valence-corrected chi connectivity index (χ2v) is 3.25. The van der Waals surface area contributed by atoms with E-state index < -0.39 is 0 Å². The molecule has 0 spiro atoms. The van der Waals surface area contributed by atoms with E-state index >= 15 is 0 Å². The van der Waals surface area contributed by atoms with Gasteiger partial charge in [-0.15, -0.1) is 0 Å². The lowest BCUT2D eigenvalue weighted by molar-refractivity contribution is 0.0962. The molecule has 0 aliphatic carbocycles. The first-order chi connectivity index (χ1) is 7.08. The monoisotopic (exact) mass is 206 g/mol. The fraction of sp³-hybridized carbons (Fsp3) is 0.273. The molecule has 15 heavy (non-hydrogen) atoms. The number of rotatable bonds is 2. The Kier molecular flexibility index (Phi) is 3.44. The molecule has 0 heterocycles. The molecule has 0 atom stereocenters. The van der Waals surface area contributed by atoms with Gasteiger partial charge in [0.15, 0.2) is 0 Å². The van der Waals surface area contributed by atoms with Gasteiger partial charge in [0.25, 0.3) is 11.8 Å². The van der Waals surface area contributed by atoms with Gasteiger partial charge in [0.05, 0.1) is 0 Å². The second-order valence-electron chi connectivity index (χ2n) is 3.25. The lowest BCUT2D eigenvalue weighted by Gasteiger charge is -2.05. The Bertz CT molecular complexity index is 365. The predicted molar refractivity (Wildman–Crippen MR) is 58.0 cm³/mol. The van der Waals surface area contributed by atoms with E-state index in [-0.39, 0.29) is 11.8 Å². The summed E-state index contributed by atoms with van der Waals surface area (Å²) >= 11 is 0. The third-order valence-corrected chi connectivity index (χ3v) is 2.06. The van der Waals surface area contributed by atoms with Crippen molar-refractivity contribution in [1.29, 1.82) is 0 Å². The molecule has 2 amide bonds. The van der Waals surface area contributed by atoms with Crippen LogP contribution in [0.4, 0.5) is 0 Å². The van der Waals surface area contributed by atoms with Gasteiger partial charge in [-0.3, -0.25) is 9.59 Å². The fourth-order valence-electron chi connectivity index (χ4n) is 1.33. The van der Waals surface area contributed by atoms with Crippen molar-refractivity contribution < 1.29 is 9.59 Å². The molecule has 0 radical (unpaired) electrons. The van der Waals surface area contributed by atoms with Crippen molar-refractivity contribution in [3.05, 3.63) is 34.9 Å². The largest absolute Gasteiger partial charge is 0.355 e. The van der Waals surface area contributed by atoms with E-state index in [0.717, 1.165) is 5.56 Å². The van der Waals surface area contributed by atoms with Gasteiger partial charge in [0, 0.05) is 25.2 Å². The van der Waals surface area contributed by atoms with Crippen LogP contribution in [-0.2, 0) is 0 Å². The van der Waals surface area contributed by atoms with Crippen molar-refractivity contribution in [2.24, 2.45) is 0 Å².